The van der Waals surface area contributed by atoms with Crippen LogP contribution in [-0.2, 0) is 6.54 Å². The molecule has 4 rings (SSSR count). The normalized spacial score (nSPS) is 21.2. The van der Waals surface area contributed by atoms with Crippen LogP contribution in [0.5, 0.6) is 0 Å². The summed E-state index contributed by atoms with van der Waals surface area (Å²) in [5, 5.41) is 4.80. The predicted octanol–water partition coefficient (Wildman–Crippen LogP) is 4.95. The number of benzene rings is 1. The Kier molecular flexibility index (Phi) is 5.75. The Morgan fingerprint density at radius 3 is 2.61 bits per heavy atom. The van der Waals surface area contributed by atoms with E-state index in [-0.39, 0.29) is 5.41 Å². The Morgan fingerprint density at radius 1 is 1.07 bits per heavy atom. The van der Waals surface area contributed by atoms with Gasteiger partial charge in [-0.1, -0.05) is 45.1 Å². The number of hydrogen-bond donors (Lipinski definition) is 1. The van der Waals surface area contributed by atoms with Crippen molar-refractivity contribution in [1.82, 2.24) is 14.8 Å². The molecular weight excluding hydrogens is 342 g/mol. The third-order valence-corrected chi connectivity index (χ3v) is 6.27. The molecule has 0 bridgehead atoms. The summed E-state index contributed by atoms with van der Waals surface area (Å²) in [6.45, 7) is 13.8. The molecule has 2 aliphatic rings. The van der Waals surface area contributed by atoms with Gasteiger partial charge in [0.15, 0.2) is 0 Å². The topological polar surface area (TPSA) is 20.2 Å². The number of nitrogens with one attached hydrogen (secondary N) is 1. The van der Waals surface area contributed by atoms with E-state index in [1.807, 2.05) is 0 Å². The second kappa shape index (κ2) is 8.26. The molecular formula is C25H35N3. The van der Waals surface area contributed by atoms with Crippen LogP contribution in [0.2, 0.25) is 0 Å². The summed E-state index contributed by atoms with van der Waals surface area (Å²) in [7, 11) is 0. The fourth-order valence-electron chi connectivity index (χ4n) is 4.47. The molecule has 1 unspecified atom stereocenters. The van der Waals surface area contributed by atoms with Crippen LogP contribution in [0.3, 0.4) is 0 Å². The van der Waals surface area contributed by atoms with Gasteiger partial charge in [-0.15, -0.1) is 0 Å². The molecule has 150 valence electrons. The Morgan fingerprint density at radius 2 is 1.89 bits per heavy atom. The zero-order valence-electron chi connectivity index (χ0n) is 17.7. The summed E-state index contributed by atoms with van der Waals surface area (Å²) in [6, 6.07) is 9.34. The zero-order chi connectivity index (χ0) is 19.6. The SMILES string of the molecule is CC(C)(C)C1=CCC(c2ccc3c(ccn3CCCN3CCNCC3)c2)C=C1. The van der Waals surface area contributed by atoms with Gasteiger partial charge in [0.05, 0.1) is 0 Å². The van der Waals surface area contributed by atoms with Gasteiger partial charge in [-0.05, 0) is 59.5 Å². The number of aromatic nitrogens is 1. The van der Waals surface area contributed by atoms with Crippen molar-refractivity contribution in [2.45, 2.75) is 46.1 Å². The minimum absolute atomic E-state index is 0.243. The van der Waals surface area contributed by atoms with Crippen molar-refractivity contribution in [2.24, 2.45) is 5.41 Å². The summed E-state index contributed by atoms with van der Waals surface area (Å²) >= 11 is 0. The molecule has 28 heavy (non-hydrogen) atoms. The first-order valence-electron chi connectivity index (χ1n) is 10.9. The van der Waals surface area contributed by atoms with Crippen molar-refractivity contribution in [3.05, 3.63) is 59.8 Å². The monoisotopic (exact) mass is 377 g/mol. The van der Waals surface area contributed by atoms with E-state index >= 15 is 0 Å². The average Bonchev–Trinajstić information content (AvgIpc) is 3.11. The van der Waals surface area contributed by atoms with Crippen LogP contribution in [0, 0.1) is 5.41 Å². The number of piperazine rings is 1. The largest absolute Gasteiger partial charge is 0.347 e. The highest BCUT2D eigenvalue weighted by Gasteiger charge is 2.19. The second-order valence-corrected chi connectivity index (χ2v) is 9.38. The van der Waals surface area contributed by atoms with Gasteiger partial charge < -0.3 is 14.8 Å². The van der Waals surface area contributed by atoms with Crippen LogP contribution in [0.15, 0.2) is 54.3 Å². The van der Waals surface area contributed by atoms with Crippen LogP contribution in [0.1, 0.15) is 45.1 Å². The summed E-state index contributed by atoms with van der Waals surface area (Å²) in [4.78, 5) is 2.58. The first kappa shape index (κ1) is 19.5. The highest BCUT2D eigenvalue weighted by molar-refractivity contribution is 5.81. The molecule has 3 heteroatoms. The summed E-state index contributed by atoms with van der Waals surface area (Å²) in [5.74, 6) is 0.506. The Balaban J connectivity index is 1.39. The smallest absolute Gasteiger partial charge is 0.0480 e. The molecule has 0 radical (unpaired) electrons. The molecule has 1 saturated heterocycles. The van der Waals surface area contributed by atoms with E-state index in [9.17, 15) is 0 Å². The lowest BCUT2D eigenvalue weighted by atomic mass is 9.80. The lowest BCUT2D eigenvalue weighted by Crippen LogP contribution is -2.43. The fourth-order valence-corrected chi connectivity index (χ4v) is 4.47. The number of fused-ring (bicyclic) bond motifs is 1. The zero-order valence-corrected chi connectivity index (χ0v) is 17.7. The number of aryl methyl sites for hydroxylation is 1. The Labute approximate surface area is 170 Å². The molecule has 1 aliphatic heterocycles. The molecule has 1 aliphatic carbocycles. The van der Waals surface area contributed by atoms with E-state index in [2.05, 4.69) is 84.2 Å². The van der Waals surface area contributed by atoms with E-state index < -0.39 is 0 Å². The summed E-state index contributed by atoms with van der Waals surface area (Å²) in [6.07, 6.45) is 11.7. The predicted molar refractivity (Wildman–Crippen MR) is 120 cm³/mol. The lowest BCUT2D eigenvalue weighted by molar-refractivity contribution is 0.235. The molecule has 1 atom stereocenters. The van der Waals surface area contributed by atoms with Crippen molar-refractivity contribution in [1.29, 1.82) is 0 Å². The minimum atomic E-state index is 0.243. The number of rotatable bonds is 5. The molecule has 0 saturated carbocycles. The van der Waals surface area contributed by atoms with Crippen LogP contribution in [-0.4, -0.2) is 42.2 Å². The highest BCUT2D eigenvalue weighted by atomic mass is 15.2. The van der Waals surface area contributed by atoms with E-state index in [0.29, 0.717) is 5.92 Å². The number of nitrogens with zero attached hydrogens (tertiary/aromatic N) is 2. The summed E-state index contributed by atoms with van der Waals surface area (Å²) in [5.41, 5.74) is 4.51. The molecule has 0 amide bonds. The van der Waals surface area contributed by atoms with Gasteiger partial charge in [0, 0.05) is 50.4 Å². The van der Waals surface area contributed by atoms with E-state index in [4.69, 9.17) is 0 Å². The molecule has 2 heterocycles. The van der Waals surface area contributed by atoms with E-state index in [1.54, 1.807) is 0 Å². The fraction of sp³-hybridized carbons (Fsp3) is 0.520. The standard InChI is InChI=1S/C25H35N3/c1-25(2,3)23-8-5-20(6-9-23)21-7-10-24-22(19-21)11-16-28(24)15-4-14-27-17-12-26-13-18-27/h5,7-11,16,19-20,26H,4,6,12-15,17-18H2,1-3H3. The maximum Gasteiger partial charge on any atom is 0.0480 e. The maximum atomic E-state index is 3.43. The Hall–Kier alpha value is -1.84. The van der Waals surface area contributed by atoms with Crippen molar-refractivity contribution >= 4 is 10.9 Å². The first-order chi connectivity index (χ1) is 13.5. The van der Waals surface area contributed by atoms with Crippen molar-refractivity contribution in [2.75, 3.05) is 32.7 Å². The van der Waals surface area contributed by atoms with Crippen molar-refractivity contribution in [3.8, 4) is 0 Å². The van der Waals surface area contributed by atoms with Gasteiger partial charge in [0.1, 0.15) is 0 Å². The lowest BCUT2D eigenvalue weighted by Gasteiger charge is -2.27. The quantitative estimate of drug-likeness (QED) is 0.795. The molecule has 3 nitrogen and oxygen atoms in total. The van der Waals surface area contributed by atoms with Gasteiger partial charge in [-0.2, -0.15) is 0 Å². The number of allylic oxidation sites excluding steroid dienone is 4. The van der Waals surface area contributed by atoms with Gasteiger partial charge in [-0.3, -0.25) is 0 Å². The number of hydrogen-bond acceptors (Lipinski definition) is 2. The highest BCUT2D eigenvalue weighted by Crippen LogP contribution is 2.35. The Bertz CT molecular complexity index is 860. The van der Waals surface area contributed by atoms with E-state index in [1.165, 1.54) is 48.1 Å². The third-order valence-electron chi connectivity index (χ3n) is 6.27. The van der Waals surface area contributed by atoms with Crippen LogP contribution in [0.25, 0.3) is 10.9 Å². The second-order valence-electron chi connectivity index (χ2n) is 9.38. The molecule has 1 aromatic carbocycles. The third kappa shape index (κ3) is 4.42. The summed E-state index contributed by atoms with van der Waals surface area (Å²) < 4.78 is 2.43. The van der Waals surface area contributed by atoms with Crippen LogP contribution < -0.4 is 5.32 Å². The van der Waals surface area contributed by atoms with Crippen LogP contribution in [0.4, 0.5) is 0 Å². The average molecular weight is 378 g/mol. The molecule has 0 spiro atoms. The van der Waals surface area contributed by atoms with Crippen molar-refractivity contribution in [3.63, 3.8) is 0 Å². The van der Waals surface area contributed by atoms with Crippen LogP contribution >= 0.6 is 0 Å². The van der Waals surface area contributed by atoms with E-state index in [0.717, 1.165) is 26.1 Å². The van der Waals surface area contributed by atoms with Gasteiger partial charge in [0.2, 0.25) is 0 Å². The maximum absolute atomic E-state index is 3.43. The first-order valence-corrected chi connectivity index (χ1v) is 10.9. The van der Waals surface area contributed by atoms with Gasteiger partial charge in [0.25, 0.3) is 0 Å². The van der Waals surface area contributed by atoms with Crippen molar-refractivity contribution < 1.29 is 0 Å². The van der Waals surface area contributed by atoms with Gasteiger partial charge in [-0.25, -0.2) is 0 Å². The molecule has 1 aromatic heterocycles. The molecule has 2 aromatic rings. The molecule has 1 N–H and O–H groups in total. The minimum Gasteiger partial charge on any atom is -0.347 e. The van der Waals surface area contributed by atoms with Gasteiger partial charge >= 0.3 is 0 Å². The molecule has 1 fully saturated rings.